The van der Waals surface area contributed by atoms with Crippen LogP contribution < -0.4 is 9.47 Å². The van der Waals surface area contributed by atoms with Crippen molar-refractivity contribution in [2.24, 2.45) is 0 Å². The molecule has 180 valence electrons. The van der Waals surface area contributed by atoms with E-state index in [0.717, 1.165) is 17.1 Å². The van der Waals surface area contributed by atoms with Crippen molar-refractivity contribution >= 4 is 15.9 Å². The van der Waals surface area contributed by atoms with E-state index < -0.39 is 10.0 Å². The Hall–Kier alpha value is -3.37. The van der Waals surface area contributed by atoms with Gasteiger partial charge in [0.25, 0.3) is 5.91 Å². The summed E-state index contributed by atoms with van der Waals surface area (Å²) in [6, 6.07) is 13.9. The van der Waals surface area contributed by atoms with Crippen LogP contribution in [-0.4, -0.2) is 73.7 Å². The molecule has 1 saturated heterocycles. The Morgan fingerprint density at radius 1 is 0.912 bits per heavy atom. The molecule has 0 saturated carbocycles. The molecule has 3 aromatic rings. The number of amides is 1. The standard InChI is InChI=1S/C24H28N4O5S/c1-17-15-18(2)28(25-17)20-7-5-19(6-8-20)24(29)26-11-13-27(14-12-26)34(30,31)23-16-21(32-3)9-10-22(23)33-4/h5-10,15-16H,11-14H2,1-4H3. The van der Waals surface area contributed by atoms with Gasteiger partial charge in [0.05, 0.1) is 25.6 Å². The quantitative estimate of drug-likeness (QED) is 0.534. The molecule has 0 atom stereocenters. The summed E-state index contributed by atoms with van der Waals surface area (Å²) in [4.78, 5) is 14.8. The lowest BCUT2D eigenvalue weighted by atomic mass is 10.1. The molecule has 0 N–H and O–H groups in total. The molecule has 1 aliphatic rings. The van der Waals surface area contributed by atoms with Gasteiger partial charge in [-0.3, -0.25) is 4.79 Å². The van der Waals surface area contributed by atoms with Crippen LogP contribution in [0.4, 0.5) is 0 Å². The summed E-state index contributed by atoms with van der Waals surface area (Å²) in [7, 11) is -0.902. The number of benzene rings is 2. The van der Waals surface area contributed by atoms with Crippen molar-refractivity contribution < 1.29 is 22.7 Å². The molecule has 0 radical (unpaired) electrons. The molecule has 1 aliphatic heterocycles. The number of piperazine rings is 1. The lowest BCUT2D eigenvalue weighted by molar-refractivity contribution is 0.0698. The van der Waals surface area contributed by atoms with Gasteiger partial charge in [0.2, 0.25) is 10.0 Å². The van der Waals surface area contributed by atoms with Crippen LogP contribution in [0, 0.1) is 13.8 Å². The fraction of sp³-hybridized carbons (Fsp3) is 0.333. The van der Waals surface area contributed by atoms with E-state index in [4.69, 9.17) is 9.47 Å². The third-order valence-corrected chi connectivity index (χ3v) is 7.80. The molecule has 10 heteroatoms. The summed E-state index contributed by atoms with van der Waals surface area (Å²) in [5.74, 6) is 0.551. The summed E-state index contributed by atoms with van der Waals surface area (Å²) in [5.41, 5.74) is 3.37. The third kappa shape index (κ3) is 4.51. The van der Waals surface area contributed by atoms with E-state index in [1.807, 2.05) is 36.7 Å². The van der Waals surface area contributed by atoms with Crippen LogP contribution in [0.3, 0.4) is 0 Å². The van der Waals surface area contributed by atoms with Crippen LogP contribution in [0.5, 0.6) is 11.5 Å². The number of nitrogens with zero attached hydrogens (tertiary/aromatic N) is 4. The Morgan fingerprint density at radius 2 is 1.59 bits per heavy atom. The first-order valence-corrected chi connectivity index (χ1v) is 12.3. The predicted molar refractivity (Wildman–Crippen MR) is 127 cm³/mol. The number of hydrogen-bond acceptors (Lipinski definition) is 6. The molecule has 0 spiro atoms. The largest absolute Gasteiger partial charge is 0.497 e. The second-order valence-electron chi connectivity index (χ2n) is 8.10. The van der Waals surface area contributed by atoms with Crippen molar-refractivity contribution in [3.63, 3.8) is 0 Å². The van der Waals surface area contributed by atoms with Crippen LogP contribution in [-0.2, 0) is 10.0 Å². The first kappa shape index (κ1) is 23.8. The minimum absolute atomic E-state index is 0.0499. The average molecular weight is 485 g/mol. The zero-order chi connectivity index (χ0) is 24.5. The number of ether oxygens (including phenoxy) is 2. The Balaban J connectivity index is 1.45. The first-order valence-electron chi connectivity index (χ1n) is 10.9. The minimum atomic E-state index is -3.81. The van der Waals surface area contributed by atoms with Crippen molar-refractivity contribution in [3.05, 3.63) is 65.5 Å². The predicted octanol–water partition coefficient (Wildman–Crippen LogP) is 2.65. The highest BCUT2D eigenvalue weighted by Crippen LogP contribution is 2.31. The van der Waals surface area contributed by atoms with E-state index in [9.17, 15) is 13.2 Å². The average Bonchev–Trinajstić information content (AvgIpc) is 3.20. The van der Waals surface area contributed by atoms with E-state index in [-0.39, 0.29) is 29.6 Å². The minimum Gasteiger partial charge on any atom is -0.497 e. The van der Waals surface area contributed by atoms with E-state index in [1.165, 1.54) is 24.6 Å². The van der Waals surface area contributed by atoms with E-state index in [0.29, 0.717) is 24.4 Å². The van der Waals surface area contributed by atoms with Crippen molar-refractivity contribution in [3.8, 4) is 17.2 Å². The van der Waals surface area contributed by atoms with Gasteiger partial charge in [0.15, 0.2) is 0 Å². The Morgan fingerprint density at radius 3 is 2.15 bits per heavy atom. The van der Waals surface area contributed by atoms with Gasteiger partial charge < -0.3 is 14.4 Å². The van der Waals surface area contributed by atoms with Gasteiger partial charge in [-0.25, -0.2) is 13.1 Å². The molecule has 0 bridgehead atoms. The Labute approximate surface area is 199 Å². The number of carbonyl (C=O) groups is 1. The number of aryl methyl sites for hydroxylation is 2. The van der Waals surface area contributed by atoms with Crippen molar-refractivity contribution in [2.75, 3.05) is 40.4 Å². The first-order chi connectivity index (χ1) is 16.2. The van der Waals surface area contributed by atoms with Crippen molar-refractivity contribution in [1.29, 1.82) is 0 Å². The third-order valence-electron chi connectivity index (χ3n) is 5.88. The number of aromatic nitrogens is 2. The topological polar surface area (TPSA) is 94.0 Å². The lowest BCUT2D eigenvalue weighted by Gasteiger charge is -2.34. The highest BCUT2D eigenvalue weighted by Gasteiger charge is 2.32. The van der Waals surface area contributed by atoms with Crippen molar-refractivity contribution in [2.45, 2.75) is 18.7 Å². The number of sulfonamides is 1. The molecule has 1 amide bonds. The Bertz CT molecular complexity index is 1290. The van der Waals surface area contributed by atoms with Gasteiger partial charge in [0.1, 0.15) is 16.4 Å². The molecule has 0 unspecified atom stereocenters. The normalized spacial score (nSPS) is 14.8. The molecule has 2 aromatic carbocycles. The van der Waals surface area contributed by atoms with Gasteiger partial charge in [-0.1, -0.05) is 0 Å². The van der Waals surface area contributed by atoms with Gasteiger partial charge in [-0.05, 0) is 56.3 Å². The van der Waals surface area contributed by atoms with E-state index in [2.05, 4.69) is 5.10 Å². The second-order valence-corrected chi connectivity index (χ2v) is 10.0. The van der Waals surface area contributed by atoms with Crippen LogP contribution in [0.1, 0.15) is 21.7 Å². The molecular formula is C24H28N4O5S. The Kier molecular flexibility index (Phi) is 6.63. The van der Waals surface area contributed by atoms with Crippen LogP contribution in [0.2, 0.25) is 0 Å². The SMILES string of the molecule is COc1ccc(OC)c(S(=O)(=O)N2CCN(C(=O)c3ccc(-n4nc(C)cc4C)cc3)CC2)c1. The second kappa shape index (κ2) is 9.47. The summed E-state index contributed by atoms with van der Waals surface area (Å²) < 4.78 is 40.2. The summed E-state index contributed by atoms with van der Waals surface area (Å²) in [6.45, 7) is 4.89. The van der Waals surface area contributed by atoms with Gasteiger partial charge >= 0.3 is 0 Å². The summed E-state index contributed by atoms with van der Waals surface area (Å²) >= 11 is 0. The molecule has 0 aliphatic carbocycles. The number of carbonyl (C=O) groups excluding carboxylic acids is 1. The molecule has 9 nitrogen and oxygen atoms in total. The number of methoxy groups -OCH3 is 2. The van der Waals surface area contributed by atoms with Crippen LogP contribution in [0.15, 0.2) is 53.4 Å². The number of rotatable bonds is 6. The molecule has 1 aromatic heterocycles. The van der Waals surface area contributed by atoms with Gasteiger partial charge in [0, 0.05) is 43.5 Å². The maximum atomic E-state index is 13.3. The smallest absolute Gasteiger partial charge is 0.253 e. The van der Waals surface area contributed by atoms with Crippen molar-refractivity contribution in [1.82, 2.24) is 19.0 Å². The van der Waals surface area contributed by atoms with Crippen LogP contribution >= 0.6 is 0 Å². The van der Waals surface area contributed by atoms with E-state index >= 15 is 0 Å². The molecular weight excluding hydrogens is 456 g/mol. The van der Waals surface area contributed by atoms with Gasteiger partial charge in [-0.15, -0.1) is 0 Å². The summed E-state index contributed by atoms with van der Waals surface area (Å²) in [5, 5.41) is 4.47. The highest BCUT2D eigenvalue weighted by atomic mass is 32.2. The molecule has 4 rings (SSSR count). The maximum Gasteiger partial charge on any atom is 0.253 e. The zero-order valence-electron chi connectivity index (χ0n) is 19.7. The highest BCUT2D eigenvalue weighted by molar-refractivity contribution is 7.89. The molecule has 2 heterocycles. The zero-order valence-corrected chi connectivity index (χ0v) is 20.5. The lowest BCUT2D eigenvalue weighted by Crippen LogP contribution is -2.50. The number of hydrogen-bond donors (Lipinski definition) is 0. The fourth-order valence-electron chi connectivity index (χ4n) is 4.07. The molecule has 34 heavy (non-hydrogen) atoms. The monoisotopic (exact) mass is 484 g/mol. The summed E-state index contributed by atoms with van der Waals surface area (Å²) in [6.07, 6.45) is 0. The van der Waals surface area contributed by atoms with E-state index in [1.54, 1.807) is 29.2 Å². The van der Waals surface area contributed by atoms with Crippen LogP contribution in [0.25, 0.3) is 5.69 Å². The maximum absolute atomic E-state index is 13.3. The molecule has 1 fully saturated rings. The fourth-order valence-corrected chi connectivity index (χ4v) is 5.67. The van der Waals surface area contributed by atoms with Gasteiger partial charge in [-0.2, -0.15) is 9.40 Å².